The van der Waals surface area contributed by atoms with Crippen molar-refractivity contribution in [3.63, 3.8) is 0 Å². The monoisotopic (exact) mass is 263 g/mol. The van der Waals surface area contributed by atoms with Gasteiger partial charge in [0, 0.05) is 18.2 Å². The van der Waals surface area contributed by atoms with Crippen LogP contribution in [0.4, 0.5) is 10.2 Å². The first-order chi connectivity index (χ1) is 9.10. The number of nitrogens with zero attached hydrogens (tertiary/aromatic N) is 3. The lowest BCUT2D eigenvalue weighted by Crippen LogP contribution is -2.20. The van der Waals surface area contributed by atoms with E-state index in [2.05, 4.69) is 25.5 Å². The number of aromatic amines is 1. The molecule has 2 heterocycles. The van der Waals surface area contributed by atoms with Gasteiger partial charge in [-0.25, -0.2) is 14.4 Å². The SMILES string of the molecule is CCc1ncnc(NC(C)Cc2cc(C)[nH]n2)c1F. The highest BCUT2D eigenvalue weighted by Gasteiger charge is 2.13. The summed E-state index contributed by atoms with van der Waals surface area (Å²) in [5.41, 5.74) is 2.40. The summed E-state index contributed by atoms with van der Waals surface area (Å²) >= 11 is 0. The first-order valence-corrected chi connectivity index (χ1v) is 6.37. The number of halogens is 1. The Kier molecular flexibility index (Phi) is 4.09. The molecule has 1 unspecified atom stereocenters. The second-order valence-corrected chi connectivity index (χ2v) is 4.63. The predicted molar refractivity (Wildman–Crippen MR) is 71.5 cm³/mol. The second kappa shape index (κ2) is 5.77. The fourth-order valence-corrected chi connectivity index (χ4v) is 1.93. The van der Waals surface area contributed by atoms with E-state index < -0.39 is 0 Å². The Morgan fingerprint density at radius 3 is 2.84 bits per heavy atom. The molecule has 0 radical (unpaired) electrons. The number of hydrogen-bond acceptors (Lipinski definition) is 4. The molecular formula is C13H18FN5. The Labute approximate surface area is 111 Å². The molecule has 0 aliphatic heterocycles. The predicted octanol–water partition coefficient (Wildman–Crippen LogP) is 2.25. The average molecular weight is 263 g/mol. The third-order valence-corrected chi connectivity index (χ3v) is 2.85. The molecule has 0 saturated carbocycles. The maximum atomic E-state index is 14.0. The van der Waals surface area contributed by atoms with Crippen molar-refractivity contribution in [2.24, 2.45) is 0 Å². The zero-order valence-corrected chi connectivity index (χ0v) is 11.4. The summed E-state index contributed by atoms with van der Waals surface area (Å²) in [6.07, 6.45) is 2.64. The molecule has 0 saturated heterocycles. The van der Waals surface area contributed by atoms with E-state index in [0.717, 1.165) is 11.4 Å². The Balaban J connectivity index is 2.04. The Hall–Kier alpha value is -1.98. The fraction of sp³-hybridized carbons (Fsp3) is 0.462. The maximum Gasteiger partial charge on any atom is 0.186 e. The fourth-order valence-electron chi connectivity index (χ4n) is 1.93. The van der Waals surface area contributed by atoms with Crippen LogP contribution in [-0.4, -0.2) is 26.2 Å². The van der Waals surface area contributed by atoms with E-state index in [4.69, 9.17) is 0 Å². The Morgan fingerprint density at radius 2 is 2.21 bits per heavy atom. The van der Waals surface area contributed by atoms with Crippen LogP contribution in [0.15, 0.2) is 12.4 Å². The number of aromatic nitrogens is 4. The summed E-state index contributed by atoms with van der Waals surface area (Å²) in [5.74, 6) is -0.110. The highest BCUT2D eigenvalue weighted by Crippen LogP contribution is 2.15. The van der Waals surface area contributed by atoms with Gasteiger partial charge in [-0.3, -0.25) is 5.10 Å². The minimum Gasteiger partial charge on any atom is -0.365 e. The minimum absolute atomic E-state index is 0.0387. The molecular weight excluding hydrogens is 245 g/mol. The molecule has 0 aliphatic carbocycles. The quantitative estimate of drug-likeness (QED) is 0.868. The average Bonchev–Trinajstić information content (AvgIpc) is 2.77. The van der Waals surface area contributed by atoms with Gasteiger partial charge in [-0.05, 0) is 26.3 Å². The molecule has 0 amide bonds. The van der Waals surface area contributed by atoms with Gasteiger partial charge >= 0.3 is 0 Å². The molecule has 0 fully saturated rings. The Morgan fingerprint density at radius 1 is 1.42 bits per heavy atom. The third kappa shape index (κ3) is 3.27. The van der Waals surface area contributed by atoms with E-state index in [-0.39, 0.29) is 17.7 Å². The molecule has 5 nitrogen and oxygen atoms in total. The van der Waals surface area contributed by atoms with Gasteiger partial charge in [0.25, 0.3) is 0 Å². The van der Waals surface area contributed by atoms with Crippen molar-refractivity contribution < 1.29 is 4.39 Å². The van der Waals surface area contributed by atoms with Gasteiger partial charge in [-0.15, -0.1) is 0 Å². The van der Waals surface area contributed by atoms with Crippen LogP contribution >= 0.6 is 0 Å². The van der Waals surface area contributed by atoms with Gasteiger partial charge in [-0.1, -0.05) is 6.92 Å². The van der Waals surface area contributed by atoms with E-state index in [1.165, 1.54) is 6.33 Å². The number of nitrogens with one attached hydrogen (secondary N) is 2. The van der Waals surface area contributed by atoms with E-state index in [9.17, 15) is 4.39 Å². The van der Waals surface area contributed by atoms with Crippen molar-refractivity contribution in [2.75, 3.05) is 5.32 Å². The smallest absolute Gasteiger partial charge is 0.186 e. The summed E-state index contributed by atoms with van der Waals surface area (Å²) in [6.45, 7) is 5.79. The van der Waals surface area contributed by atoms with Crippen molar-refractivity contribution in [2.45, 2.75) is 39.7 Å². The third-order valence-electron chi connectivity index (χ3n) is 2.85. The van der Waals surface area contributed by atoms with Gasteiger partial charge in [-0.2, -0.15) is 5.10 Å². The van der Waals surface area contributed by atoms with Crippen LogP contribution in [0, 0.1) is 12.7 Å². The number of rotatable bonds is 5. The van der Waals surface area contributed by atoms with E-state index in [1.807, 2.05) is 26.8 Å². The van der Waals surface area contributed by atoms with Crippen LogP contribution in [0.3, 0.4) is 0 Å². The van der Waals surface area contributed by atoms with Crippen molar-refractivity contribution in [3.8, 4) is 0 Å². The van der Waals surface area contributed by atoms with Crippen LogP contribution < -0.4 is 5.32 Å². The number of hydrogen-bond donors (Lipinski definition) is 2. The first-order valence-electron chi connectivity index (χ1n) is 6.37. The van der Waals surface area contributed by atoms with Crippen molar-refractivity contribution >= 4 is 5.82 Å². The van der Waals surface area contributed by atoms with Crippen molar-refractivity contribution in [1.29, 1.82) is 0 Å². The van der Waals surface area contributed by atoms with Gasteiger partial charge in [0.15, 0.2) is 11.6 Å². The second-order valence-electron chi connectivity index (χ2n) is 4.63. The molecule has 0 spiro atoms. The van der Waals surface area contributed by atoms with E-state index >= 15 is 0 Å². The minimum atomic E-state index is -0.366. The molecule has 0 aliphatic rings. The highest BCUT2D eigenvalue weighted by molar-refractivity contribution is 5.38. The van der Waals surface area contributed by atoms with Crippen molar-refractivity contribution in [3.05, 3.63) is 35.3 Å². The van der Waals surface area contributed by atoms with E-state index in [1.54, 1.807) is 0 Å². The zero-order valence-electron chi connectivity index (χ0n) is 11.4. The summed E-state index contributed by atoms with van der Waals surface area (Å²) in [6, 6.07) is 2.02. The van der Waals surface area contributed by atoms with Crippen LogP contribution in [-0.2, 0) is 12.8 Å². The van der Waals surface area contributed by atoms with Crippen LogP contribution in [0.25, 0.3) is 0 Å². The standard InChI is InChI=1S/C13H18FN5/c1-4-11-12(14)13(16-7-15-11)17-8(2)5-10-6-9(3)18-19-10/h6-8H,4-5H2,1-3H3,(H,18,19)(H,15,16,17). The Bertz CT molecular complexity index is 552. The lowest BCUT2D eigenvalue weighted by molar-refractivity contribution is 0.592. The molecule has 102 valence electrons. The molecule has 19 heavy (non-hydrogen) atoms. The van der Waals surface area contributed by atoms with Crippen LogP contribution in [0.2, 0.25) is 0 Å². The van der Waals surface area contributed by atoms with E-state index in [0.29, 0.717) is 18.5 Å². The molecule has 0 bridgehead atoms. The number of H-pyrrole nitrogens is 1. The molecule has 2 N–H and O–H groups in total. The van der Waals surface area contributed by atoms with Crippen LogP contribution in [0.1, 0.15) is 30.9 Å². The highest BCUT2D eigenvalue weighted by atomic mass is 19.1. The molecule has 1 atom stereocenters. The molecule has 2 aromatic heterocycles. The lowest BCUT2D eigenvalue weighted by atomic mass is 10.1. The summed E-state index contributed by atoms with van der Waals surface area (Å²) < 4.78 is 14.0. The number of aryl methyl sites for hydroxylation is 2. The zero-order chi connectivity index (χ0) is 13.8. The molecule has 2 aromatic rings. The lowest BCUT2D eigenvalue weighted by Gasteiger charge is -2.14. The van der Waals surface area contributed by atoms with Gasteiger partial charge < -0.3 is 5.32 Å². The molecule has 2 rings (SSSR count). The number of anilines is 1. The summed E-state index contributed by atoms with van der Waals surface area (Å²) in [7, 11) is 0. The summed E-state index contributed by atoms with van der Waals surface area (Å²) in [4.78, 5) is 7.86. The van der Waals surface area contributed by atoms with Gasteiger partial charge in [0.2, 0.25) is 0 Å². The normalized spacial score (nSPS) is 12.4. The van der Waals surface area contributed by atoms with Gasteiger partial charge in [0.05, 0.1) is 11.4 Å². The topological polar surface area (TPSA) is 66.5 Å². The first kappa shape index (κ1) is 13.5. The molecule has 0 aromatic carbocycles. The largest absolute Gasteiger partial charge is 0.365 e. The van der Waals surface area contributed by atoms with Crippen molar-refractivity contribution in [1.82, 2.24) is 20.2 Å². The van der Waals surface area contributed by atoms with Crippen LogP contribution in [0.5, 0.6) is 0 Å². The van der Waals surface area contributed by atoms with Gasteiger partial charge in [0.1, 0.15) is 6.33 Å². The maximum absolute atomic E-state index is 14.0. The summed E-state index contributed by atoms with van der Waals surface area (Å²) in [5, 5.41) is 10.1. The molecule has 6 heteroatoms.